The fourth-order valence-corrected chi connectivity index (χ4v) is 1.90. The van der Waals surface area contributed by atoms with E-state index in [1.54, 1.807) is 7.11 Å². The van der Waals surface area contributed by atoms with Crippen LogP contribution in [0.4, 0.5) is 0 Å². The van der Waals surface area contributed by atoms with E-state index in [0.717, 1.165) is 19.3 Å². The number of ether oxygens (including phenoxy) is 2. The zero-order chi connectivity index (χ0) is 9.19. The smallest absolute Gasteiger partial charge is 0.112 e. The van der Waals surface area contributed by atoms with Gasteiger partial charge in [0.2, 0.25) is 0 Å². The maximum Gasteiger partial charge on any atom is 0.112 e. The van der Waals surface area contributed by atoms with E-state index in [1.165, 1.54) is 0 Å². The van der Waals surface area contributed by atoms with Gasteiger partial charge in [0.05, 0.1) is 11.7 Å². The van der Waals surface area contributed by atoms with Crippen LogP contribution in [-0.4, -0.2) is 32.7 Å². The molecule has 0 aliphatic carbocycles. The van der Waals surface area contributed by atoms with E-state index < -0.39 is 0 Å². The molecule has 12 heavy (non-hydrogen) atoms. The Morgan fingerprint density at radius 3 is 2.75 bits per heavy atom. The highest BCUT2D eigenvalue weighted by atomic mass is 16.6. The highest BCUT2D eigenvalue weighted by molar-refractivity contribution is 6.11. The Kier molecular flexibility index (Phi) is 3.19. The molecule has 2 radical (unpaired) electrons. The number of methoxy groups -OCH3 is 1. The second kappa shape index (κ2) is 3.80. The van der Waals surface area contributed by atoms with Crippen LogP contribution in [0.2, 0.25) is 0 Å². The van der Waals surface area contributed by atoms with Gasteiger partial charge in [-0.1, -0.05) is 13.3 Å². The molecule has 1 rings (SSSR count). The predicted octanol–water partition coefficient (Wildman–Crippen LogP) is 1.48. The van der Waals surface area contributed by atoms with Crippen molar-refractivity contribution in [3.8, 4) is 0 Å². The van der Waals surface area contributed by atoms with Crippen molar-refractivity contribution in [2.75, 3.05) is 7.11 Å². The first kappa shape index (κ1) is 10.1. The zero-order valence-corrected chi connectivity index (χ0v) is 8.17. The lowest BCUT2D eigenvalue weighted by Crippen LogP contribution is -2.24. The molecule has 3 heteroatoms. The molecular formula is C9H17BO2. The Morgan fingerprint density at radius 2 is 2.33 bits per heavy atom. The van der Waals surface area contributed by atoms with Gasteiger partial charge in [-0.3, -0.25) is 0 Å². The summed E-state index contributed by atoms with van der Waals surface area (Å²) in [7, 11) is 7.43. The molecule has 3 atom stereocenters. The summed E-state index contributed by atoms with van der Waals surface area (Å²) in [4.78, 5) is 0. The minimum Gasteiger partial charge on any atom is -0.379 e. The molecule has 2 nitrogen and oxygen atoms in total. The zero-order valence-electron chi connectivity index (χ0n) is 8.17. The van der Waals surface area contributed by atoms with Gasteiger partial charge in [0.25, 0.3) is 0 Å². The normalized spacial score (nSPS) is 41.9. The van der Waals surface area contributed by atoms with Gasteiger partial charge in [0, 0.05) is 19.5 Å². The molecule has 0 aromatic heterocycles. The van der Waals surface area contributed by atoms with Gasteiger partial charge >= 0.3 is 0 Å². The Hall–Kier alpha value is -0.0151. The maximum atomic E-state index is 5.75. The quantitative estimate of drug-likeness (QED) is 0.594. The molecule has 1 aliphatic rings. The molecule has 0 spiro atoms. The van der Waals surface area contributed by atoms with Crippen molar-refractivity contribution in [3.63, 3.8) is 0 Å². The lowest BCUT2D eigenvalue weighted by atomic mass is 9.90. The topological polar surface area (TPSA) is 18.5 Å². The molecule has 1 aliphatic heterocycles. The highest BCUT2D eigenvalue weighted by Crippen LogP contribution is 2.34. The third-order valence-electron chi connectivity index (χ3n) is 2.50. The summed E-state index contributed by atoms with van der Waals surface area (Å²) in [6, 6.07) is -0.244. The maximum absolute atomic E-state index is 5.75. The molecular weight excluding hydrogens is 151 g/mol. The Bertz CT molecular complexity index is 151. The molecule has 0 N–H and O–H groups in total. The minimum absolute atomic E-state index is 0.0607. The first-order chi connectivity index (χ1) is 5.61. The molecule has 0 aromatic carbocycles. The number of hydrogen-bond acceptors (Lipinski definition) is 2. The summed E-state index contributed by atoms with van der Waals surface area (Å²) in [6.07, 6.45) is 3.17. The third kappa shape index (κ3) is 2.02. The van der Waals surface area contributed by atoms with Gasteiger partial charge in [-0.05, 0) is 13.3 Å². The summed E-state index contributed by atoms with van der Waals surface area (Å²) in [5, 5.41) is 0. The Balaban J connectivity index is 2.51. The van der Waals surface area contributed by atoms with Crippen LogP contribution in [0.25, 0.3) is 0 Å². The van der Waals surface area contributed by atoms with Crippen LogP contribution in [0.1, 0.15) is 33.1 Å². The monoisotopic (exact) mass is 168 g/mol. The van der Waals surface area contributed by atoms with Gasteiger partial charge in [0.1, 0.15) is 7.85 Å². The van der Waals surface area contributed by atoms with E-state index in [0.29, 0.717) is 0 Å². The molecule has 0 aromatic rings. The molecule has 0 bridgehead atoms. The summed E-state index contributed by atoms with van der Waals surface area (Å²) < 4.78 is 10.9. The number of hydrogen-bond donors (Lipinski definition) is 0. The van der Waals surface area contributed by atoms with Crippen molar-refractivity contribution < 1.29 is 9.47 Å². The van der Waals surface area contributed by atoms with Crippen molar-refractivity contribution in [3.05, 3.63) is 0 Å². The summed E-state index contributed by atoms with van der Waals surface area (Å²) in [6.45, 7) is 4.26. The van der Waals surface area contributed by atoms with E-state index >= 15 is 0 Å². The van der Waals surface area contributed by atoms with E-state index in [2.05, 4.69) is 13.8 Å². The molecule has 0 saturated carbocycles. The van der Waals surface area contributed by atoms with E-state index in [1.807, 2.05) is 0 Å². The first-order valence-electron chi connectivity index (χ1n) is 4.57. The standard InChI is InChI=1S/C9H17BO2/c1-4-5-9(2)6-7(11-3)8(10)12-9/h7-8H,4-6H2,1-3H3/t7?,8?,9-/m0/s1. The Labute approximate surface area is 76.0 Å². The molecule has 0 amide bonds. The Morgan fingerprint density at radius 1 is 1.67 bits per heavy atom. The minimum atomic E-state index is -0.244. The van der Waals surface area contributed by atoms with Crippen molar-refractivity contribution in [2.45, 2.75) is 50.8 Å². The summed E-state index contributed by atoms with van der Waals surface area (Å²) in [5.41, 5.74) is -0.0607. The van der Waals surface area contributed by atoms with Gasteiger partial charge in [-0.15, -0.1) is 0 Å². The second-order valence-corrected chi connectivity index (χ2v) is 3.76. The van der Waals surface area contributed by atoms with Crippen molar-refractivity contribution in [2.24, 2.45) is 0 Å². The molecule has 2 unspecified atom stereocenters. The van der Waals surface area contributed by atoms with Crippen LogP contribution in [0.15, 0.2) is 0 Å². The van der Waals surface area contributed by atoms with Crippen LogP contribution in [0.5, 0.6) is 0 Å². The lowest BCUT2D eigenvalue weighted by Gasteiger charge is -2.22. The van der Waals surface area contributed by atoms with Crippen molar-refractivity contribution in [1.82, 2.24) is 0 Å². The number of rotatable bonds is 3. The average molecular weight is 168 g/mol. The van der Waals surface area contributed by atoms with Crippen molar-refractivity contribution in [1.29, 1.82) is 0 Å². The molecule has 1 saturated heterocycles. The van der Waals surface area contributed by atoms with Crippen molar-refractivity contribution >= 4 is 7.85 Å². The largest absolute Gasteiger partial charge is 0.379 e. The van der Waals surface area contributed by atoms with Gasteiger partial charge in [-0.2, -0.15) is 0 Å². The van der Waals surface area contributed by atoms with Gasteiger partial charge < -0.3 is 9.47 Å². The van der Waals surface area contributed by atoms with Crippen LogP contribution in [0.3, 0.4) is 0 Å². The van der Waals surface area contributed by atoms with Crippen LogP contribution < -0.4 is 0 Å². The predicted molar refractivity (Wildman–Crippen MR) is 49.4 cm³/mol. The lowest BCUT2D eigenvalue weighted by molar-refractivity contribution is -0.0139. The molecule has 1 heterocycles. The fourth-order valence-electron chi connectivity index (χ4n) is 1.90. The van der Waals surface area contributed by atoms with Crippen LogP contribution >= 0.6 is 0 Å². The van der Waals surface area contributed by atoms with E-state index in [9.17, 15) is 0 Å². The molecule has 68 valence electrons. The van der Waals surface area contributed by atoms with E-state index in [-0.39, 0.29) is 17.7 Å². The fraction of sp³-hybridized carbons (Fsp3) is 1.00. The van der Waals surface area contributed by atoms with E-state index in [4.69, 9.17) is 17.3 Å². The van der Waals surface area contributed by atoms with Crippen LogP contribution in [0, 0.1) is 0 Å². The highest BCUT2D eigenvalue weighted by Gasteiger charge is 2.39. The summed E-state index contributed by atoms with van der Waals surface area (Å²) in [5.74, 6) is 0. The average Bonchev–Trinajstić information content (AvgIpc) is 2.27. The molecule has 1 fully saturated rings. The third-order valence-corrected chi connectivity index (χ3v) is 2.50. The van der Waals surface area contributed by atoms with Gasteiger partial charge in [0.15, 0.2) is 0 Å². The van der Waals surface area contributed by atoms with Gasteiger partial charge in [-0.25, -0.2) is 0 Å². The second-order valence-electron chi connectivity index (χ2n) is 3.76. The SMILES string of the molecule is [B]C1O[C@@](C)(CCC)CC1OC. The van der Waals surface area contributed by atoms with Crippen LogP contribution in [-0.2, 0) is 9.47 Å². The first-order valence-corrected chi connectivity index (χ1v) is 4.57. The summed E-state index contributed by atoms with van der Waals surface area (Å²) >= 11 is 0.